The number of carboxylic acids is 1. The van der Waals surface area contributed by atoms with Gasteiger partial charge in [0.2, 0.25) is 5.91 Å². The van der Waals surface area contributed by atoms with E-state index in [9.17, 15) is 14.4 Å². The summed E-state index contributed by atoms with van der Waals surface area (Å²) in [5, 5.41) is 11.6. The molecule has 0 aliphatic carbocycles. The lowest BCUT2D eigenvalue weighted by atomic mass is 9.98. The van der Waals surface area contributed by atoms with Crippen LogP contribution in [0.5, 0.6) is 0 Å². The molecule has 7 heteroatoms. The van der Waals surface area contributed by atoms with Gasteiger partial charge in [-0.15, -0.1) is 0 Å². The molecule has 0 aromatic carbocycles. The van der Waals surface area contributed by atoms with Gasteiger partial charge in [-0.05, 0) is 38.5 Å². The Kier molecular flexibility index (Phi) is 7.56. The van der Waals surface area contributed by atoms with Gasteiger partial charge in [0.05, 0.1) is 0 Å². The van der Waals surface area contributed by atoms with E-state index in [0.717, 1.165) is 19.3 Å². The van der Waals surface area contributed by atoms with E-state index >= 15 is 0 Å². The number of nitrogens with zero attached hydrogens (tertiary/aromatic N) is 1. The quantitative estimate of drug-likeness (QED) is 0.582. The van der Waals surface area contributed by atoms with Crippen molar-refractivity contribution in [2.45, 2.75) is 57.4 Å². The molecule has 1 aliphatic heterocycles. The molecule has 0 saturated carbocycles. The monoisotopic (exact) mass is 299 g/mol. The third-order valence-corrected chi connectivity index (χ3v) is 3.71. The third-order valence-electron chi connectivity index (χ3n) is 3.71. The van der Waals surface area contributed by atoms with E-state index in [1.807, 2.05) is 0 Å². The van der Waals surface area contributed by atoms with E-state index in [1.54, 1.807) is 4.90 Å². The SMILES string of the molecule is NC(=O)CCCCNC(=O)N1CCCCC1CCC(=O)O. The molecule has 3 amide bonds. The van der Waals surface area contributed by atoms with Crippen LogP contribution in [0.4, 0.5) is 4.79 Å². The van der Waals surface area contributed by atoms with Crippen LogP contribution in [-0.2, 0) is 9.59 Å². The largest absolute Gasteiger partial charge is 0.481 e. The average molecular weight is 299 g/mol. The molecule has 0 aromatic heterocycles. The van der Waals surface area contributed by atoms with Crippen LogP contribution in [0.1, 0.15) is 51.4 Å². The molecule has 1 atom stereocenters. The molecule has 0 radical (unpaired) electrons. The first-order valence-corrected chi connectivity index (χ1v) is 7.55. The van der Waals surface area contributed by atoms with Gasteiger partial charge in [-0.1, -0.05) is 0 Å². The summed E-state index contributed by atoms with van der Waals surface area (Å²) < 4.78 is 0. The Bertz CT molecular complexity index is 373. The maximum atomic E-state index is 12.1. The highest BCUT2D eigenvalue weighted by molar-refractivity contribution is 5.75. The summed E-state index contributed by atoms with van der Waals surface area (Å²) in [7, 11) is 0. The minimum absolute atomic E-state index is 0.0143. The van der Waals surface area contributed by atoms with Crippen molar-refractivity contribution >= 4 is 17.9 Å². The number of urea groups is 1. The van der Waals surface area contributed by atoms with Crippen molar-refractivity contribution in [1.82, 2.24) is 10.2 Å². The number of amides is 3. The average Bonchev–Trinajstić information content (AvgIpc) is 2.44. The highest BCUT2D eigenvalue weighted by atomic mass is 16.4. The molecule has 0 spiro atoms. The highest BCUT2D eigenvalue weighted by Crippen LogP contribution is 2.20. The third kappa shape index (κ3) is 6.97. The zero-order valence-corrected chi connectivity index (χ0v) is 12.3. The molecule has 21 heavy (non-hydrogen) atoms. The standard InChI is InChI=1S/C14H25N3O4/c15-12(18)6-1-3-9-16-14(21)17-10-4-2-5-11(17)7-8-13(19)20/h11H,1-10H2,(H2,15,18)(H,16,21)(H,19,20). The number of hydrogen-bond acceptors (Lipinski definition) is 3. The van der Waals surface area contributed by atoms with Gasteiger partial charge in [-0.3, -0.25) is 9.59 Å². The predicted molar refractivity (Wildman–Crippen MR) is 77.7 cm³/mol. The lowest BCUT2D eigenvalue weighted by Crippen LogP contribution is -2.49. The summed E-state index contributed by atoms with van der Waals surface area (Å²) >= 11 is 0. The van der Waals surface area contributed by atoms with Crippen molar-refractivity contribution < 1.29 is 19.5 Å². The van der Waals surface area contributed by atoms with Crippen molar-refractivity contribution in [1.29, 1.82) is 0 Å². The Morgan fingerprint density at radius 2 is 1.95 bits per heavy atom. The number of aliphatic carboxylic acids is 1. The number of nitrogens with one attached hydrogen (secondary N) is 1. The molecule has 7 nitrogen and oxygen atoms in total. The second kappa shape index (κ2) is 9.20. The fourth-order valence-electron chi connectivity index (χ4n) is 2.58. The Labute approximate surface area is 124 Å². The zero-order valence-electron chi connectivity index (χ0n) is 12.3. The van der Waals surface area contributed by atoms with Gasteiger partial charge in [0.15, 0.2) is 0 Å². The summed E-state index contributed by atoms with van der Waals surface area (Å²) in [5.74, 6) is -1.15. The van der Waals surface area contributed by atoms with Gasteiger partial charge in [0.1, 0.15) is 0 Å². The number of unbranched alkanes of at least 4 members (excludes halogenated alkanes) is 1. The summed E-state index contributed by atoms with van der Waals surface area (Å²) in [4.78, 5) is 35.1. The van der Waals surface area contributed by atoms with Gasteiger partial charge < -0.3 is 21.1 Å². The predicted octanol–water partition coefficient (Wildman–Crippen LogP) is 1.07. The first kappa shape index (κ1) is 17.3. The number of rotatable bonds is 8. The fraction of sp³-hybridized carbons (Fsp3) is 0.786. The van der Waals surface area contributed by atoms with Crippen LogP contribution in [0, 0.1) is 0 Å². The van der Waals surface area contributed by atoms with E-state index in [4.69, 9.17) is 10.8 Å². The van der Waals surface area contributed by atoms with Crippen LogP contribution in [0.25, 0.3) is 0 Å². The maximum absolute atomic E-state index is 12.1. The number of carbonyl (C=O) groups excluding carboxylic acids is 2. The number of nitrogens with two attached hydrogens (primary N) is 1. The number of carboxylic acid groups (broad SMARTS) is 1. The summed E-state index contributed by atoms with van der Waals surface area (Å²) in [6.07, 6.45) is 5.16. The van der Waals surface area contributed by atoms with E-state index in [1.165, 1.54) is 0 Å². The molecule has 0 bridgehead atoms. The van der Waals surface area contributed by atoms with Crippen molar-refractivity contribution in [3.63, 3.8) is 0 Å². The minimum atomic E-state index is -0.826. The van der Waals surface area contributed by atoms with Crippen molar-refractivity contribution in [2.75, 3.05) is 13.1 Å². The first-order chi connectivity index (χ1) is 10.0. The van der Waals surface area contributed by atoms with Crippen molar-refractivity contribution in [3.05, 3.63) is 0 Å². The van der Waals surface area contributed by atoms with Crippen LogP contribution in [-0.4, -0.2) is 47.0 Å². The molecule has 1 aliphatic rings. The molecule has 1 fully saturated rings. The molecule has 1 saturated heterocycles. The molecule has 1 unspecified atom stereocenters. The van der Waals surface area contributed by atoms with Crippen molar-refractivity contribution in [2.24, 2.45) is 5.73 Å². The van der Waals surface area contributed by atoms with Gasteiger partial charge in [0.25, 0.3) is 0 Å². The zero-order chi connectivity index (χ0) is 15.7. The molecule has 1 rings (SSSR count). The summed E-state index contributed by atoms with van der Waals surface area (Å²) in [5.41, 5.74) is 5.04. The van der Waals surface area contributed by atoms with Crippen LogP contribution in [0.2, 0.25) is 0 Å². The van der Waals surface area contributed by atoms with Crippen molar-refractivity contribution in [3.8, 4) is 0 Å². The topological polar surface area (TPSA) is 113 Å². The minimum Gasteiger partial charge on any atom is -0.481 e. The second-order valence-corrected chi connectivity index (χ2v) is 5.43. The number of likely N-dealkylation sites (tertiary alicyclic amines) is 1. The van der Waals surface area contributed by atoms with E-state index < -0.39 is 5.97 Å². The number of primary amides is 1. The molecule has 120 valence electrons. The fourth-order valence-corrected chi connectivity index (χ4v) is 2.58. The summed E-state index contributed by atoms with van der Waals surface area (Å²) in [6.45, 7) is 1.19. The van der Waals surface area contributed by atoms with Gasteiger partial charge in [0, 0.05) is 32.0 Å². The van der Waals surface area contributed by atoms with E-state index in [0.29, 0.717) is 38.8 Å². The number of piperidine rings is 1. The number of hydrogen-bond donors (Lipinski definition) is 3. The van der Waals surface area contributed by atoms with Crippen LogP contribution in [0.3, 0.4) is 0 Å². The lowest BCUT2D eigenvalue weighted by molar-refractivity contribution is -0.137. The van der Waals surface area contributed by atoms with Gasteiger partial charge in [-0.2, -0.15) is 0 Å². The molecular formula is C14H25N3O4. The Morgan fingerprint density at radius 3 is 2.62 bits per heavy atom. The smallest absolute Gasteiger partial charge is 0.317 e. The Balaban J connectivity index is 2.31. The highest BCUT2D eigenvalue weighted by Gasteiger charge is 2.26. The van der Waals surface area contributed by atoms with Crippen LogP contribution in [0.15, 0.2) is 0 Å². The second-order valence-electron chi connectivity index (χ2n) is 5.43. The van der Waals surface area contributed by atoms with E-state index in [-0.39, 0.29) is 24.4 Å². The van der Waals surface area contributed by atoms with Crippen LogP contribution < -0.4 is 11.1 Å². The van der Waals surface area contributed by atoms with Gasteiger partial charge in [-0.25, -0.2) is 4.79 Å². The Hall–Kier alpha value is -1.79. The summed E-state index contributed by atoms with van der Waals surface area (Å²) in [6, 6.07) is -0.121. The number of carbonyl (C=O) groups is 3. The van der Waals surface area contributed by atoms with Gasteiger partial charge >= 0.3 is 12.0 Å². The van der Waals surface area contributed by atoms with E-state index in [2.05, 4.69) is 5.32 Å². The Morgan fingerprint density at radius 1 is 1.19 bits per heavy atom. The normalized spacial score (nSPS) is 18.3. The lowest BCUT2D eigenvalue weighted by Gasteiger charge is -2.35. The molecule has 4 N–H and O–H groups in total. The molecule has 1 heterocycles. The maximum Gasteiger partial charge on any atom is 0.317 e. The molecular weight excluding hydrogens is 274 g/mol. The van der Waals surface area contributed by atoms with Crippen LogP contribution >= 0.6 is 0 Å². The molecule has 0 aromatic rings. The first-order valence-electron chi connectivity index (χ1n) is 7.55.